The molecule has 0 aromatic carbocycles. The number of unbranched alkanes of at least 4 members (excludes halogenated alkanes) is 1. The molecule has 2 amide bonds. The van der Waals surface area contributed by atoms with E-state index in [0.717, 1.165) is 5.06 Å². The molecule has 3 heterocycles. The Bertz CT molecular complexity index is 1090. The van der Waals surface area contributed by atoms with Crippen LogP contribution in [0.3, 0.4) is 0 Å². The molecule has 0 spiro atoms. The third-order valence-corrected chi connectivity index (χ3v) is 8.52. The Balaban J connectivity index is 0.000000834. The normalized spacial score (nSPS) is 32.9. The van der Waals surface area contributed by atoms with Gasteiger partial charge in [-0.2, -0.15) is 5.06 Å². The van der Waals surface area contributed by atoms with Crippen molar-refractivity contribution in [2.75, 3.05) is 46.6 Å². The van der Waals surface area contributed by atoms with Crippen LogP contribution in [0.5, 0.6) is 0 Å². The number of carbonyl (C=O) groups excluding carboxylic acids is 4. The molecule has 3 aliphatic heterocycles. The number of rotatable bonds is 18. The fourth-order valence-corrected chi connectivity index (χ4v) is 5.34. The van der Waals surface area contributed by atoms with Gasteiger partial charge in [-0.15, -0.1) is 0 Å². The van der Waals surface area contributed by atoms with Gasteiger partial charge in [-0.3, -0.25) is 9.59 Å². The van der Waals surface area contributed by atoms with E-state index in [1.54, 1.807) is 0 Å². The van der Waals surface area contributed by atoms with E-state index >= 15 is 0 Å². The summed E-state index contributed by atoms with van der Waals surface area (Å²) < 4.78 is 27.1. The number of hydrogen-bond acceptors (Lipinski definition) is 19. The molecule has 12 atom stereocenters. The lowest BCUT2D eigenvalue weighted by Crippen LogP contribution is -2.61. The number of nitrogens with zero attached hydrogens (tertiary/aromatic N) is 1. The quantitative estimate of drug-likeness (QED) is 0.0355. The molecular formula is C32H56N2O19. The number of aliphatic hydroxyl groups excluding tert-OH is 9. The van der Waals surface area contributed by atoms with Crippen molar-refractivity contribution in [3.8, 4) is 0 Å². The predicted octanol–water partition coefficient (Wildman–Crippen LogP) is -4.89. The molecule has 0 saturated carbocycles. The van der Waals surface area contributed by atoms with Crippen molar-refractivity contribution >= 4 is 24.1 Å². The second kappa shape index (κ2) is 24.8. The number of aldehydes is 1. The smallest absolute Gasteiger partial charge is 0.332 e. The van der Waals surface area contributed by atoms with E-state index in [9.17, 15) is 49.8 Å². The third-order valence-electron chi connectivity index (χ3n) is 8.52. The molecule has 308 valence electrons. The summed E-state index contributed by atoms with van der Waals surface area (Å²) in [6.45, 7) is -0.756. The number of hydrogen-bond donors (Lipinski definition) is 10. The van der Waals surface area contributed by atoms with E-state index in [1.807, 2.05) is 0 Å². The number of hydroxylamine groups is 2. The van der Waals surface area contributed by atoms with Crippen LogP contribution in [0.25, 0.3) is 0 Å². The second-order valence-corrected chi connectivity index (χ2v) is 12.8. The van der Waals surface area contributed by atoms with E-state index < -0.39 is 92.6 Å². The zero-order chi connectivity index (χ0) is 39.5. The summed E-state index contributed by atoms with van der Waals surface area (Å²) >= 11 is 0. The largest absolute Gasteiger partial charge is 0.394 e. The zero-order valence-electron chi connectivity index (χ0n) is 29.7. The second-order valence-electron chi connectivity index (χ2n) is 12.8. The SMILES string of the molecule is CN(OC(=O)CCCCC(=O)NCCCOC1OC(CO)CC(O[C@H]2OC(CO)[C@@H](O)C(O)C2O)C1O)C(=O)CCC=O.OCC1CC(O)C(O)CO1. The molecule has 3 fully saturated rings. The van der Waals surface area contributed by atoms with Crippen LogP contribution >= 0.6 is 0 Å². The molecule has 21 nitrogen and oxygen atoms in total. The molecule has 0 radical (unpaired) electrons. The Kier molecular flexibility index (Phi) is 21.9. The number of amides is 2. The van der Waals surface area contributed by atoms with Crippen LogP contribution in [0.1, 0.15) is 57.8 Å². The van der Waals surface area contributed by atoms with Crippen molar-refractivity contribution in [1.82, 2.24) is 10.4 Å². The van der Waals surface area contributed by atoms with Gasteiger partial charge in [0.2, 0.25) is 5.91 Å². The maximum absolute atomic E-state index is 12.1. The van der Waals surface area contributed by atoms with Crippen LogP contribution in [0.15, 0.2) is 0 Å². The first-order valence-electron chi connectivity index (χ1n) is 17.5. The monoisotopic (exact) mass is 772 g/mol. The maximum Gasteiger partial charge on any atom is 0.332 e. The highest BCUT2D eigenvalue weighted by Gasteiger charge is 2.47. The van der Waals surface area contributed by atoms with Crippen molar-refractivity contribution < 1.29 is 93.7 Å². The Labute approximate surface area is 306 Å². The summed E-state index contributed by atoms with van der Waals surface area (Å²) in [6, 6.07) is 0. The van der Waals surface area contributed by atoms with E-state index in [0.29, 0.717) is 32.0 Å². The summed E-state index contributed by atoms with van der Waals surface area (Å²) in [5.41, 5.74) is 0. The zero-order valence-corrected chi connectivity index (χ0v) is 29.7. The van der Waals surface area contributed by atoms with Gasteiger partial charge in [0.1, 0.15) is 42.9 Å². The van der Waals surface area contributed by atoms with E-state index in [2.05, 4.69) is 5.32 Å². The molecule has 0 bridgehead atoms. The molecule has 21 heteroatoms. The molecular weight excluding hydrogens is 716 g/mol. The first kappa shape index (κ1) is 46.7. The van der Waals surface area contributed by atoms with E-state index in [1.165, 1.54) is 7.05 Å². The highest BCUT2D eigenvalue weighted by Crippen LogP contribution is 2.29. The van der Waals surface area contributed by atoms with Crippen molar-refractivity contribution in [2.24, 2.45) is 0 Å². The van der Waals surface area contributed by atoms with E-state index in [4.69, 9.17) is 43.8 Å². The van der Waals surface area contributed by atoms with Crippen molar-refractivity contribution in [2.45, 2.75) is 131 Å². The van der Waals surface area contributed by atoms with Crippen LogP contribution in [0.4, 0.5) is 0 Å². The van der Waals surface area contributed by atoms with Crippen LogP contribution in [0, 0.1) is 0 Å². The van der Waals surface area contributed by atoms with Crippen LogP contribution in [-0.2, 0) is 47.7 Å². The van der Waals surface area contributed by atoms with E-state index in [-0.39, 0.29) is 70.5 Å². The topological polar surface area (TPSA) is 321 Å². The van der Waals surface area contributed by atoms with Crippen LogP contribution < -0.4 is 5.32 Å². The van der Waals surface area contributed by atoms with Gasteiger partial charge >= 0.3 is 5.97 Å². The lowest BCUT2D eigenvalue weighted by Gasteiger charge is -2.44. The standard InChI is InChI=1S/C26H44N2O15.C6H12O4/c1-28(19(33)7-4-10-29)43-20(34)8-3-2-6-18(32)27-9-5-11-39-25-22(36)16(12-15(13-30)40-25)41-26-24(38)23(37)21(35)17(14-31)42-26;7-2-4-1-5(8)6(9)3-10-4/h10,15-17,21-26,30-31,35-38H,2-9,11-14H2,1H3,(H,27,32);4-9H,1-3H2/t15?,16?,17?,21-,22?,23?,24?,25?,26+;/m1./s1. The maximum atomic E-state index is 12.1. The Morgan fingerprint density at radius 1 is 0.792 bits per heavy atom. The molecule has 0 aromatic heterocycles. The van der Waals surface area contributed by atoms with Gasteiger partial charge < -0.3 is 84.6 Å². The molecule has 0 aliphatic carbocycles. The molecule has 10 unspecified atom stereocenters. The summed E-state index contributed by atoms with van der Waals surface area (Å²) in [5.74, 6) is -1.38. The Morgan fingerprint density at radius 2 is 1.49 bits per heavy atom. The lowest BCUT2D eigenvalue weighted by atomic mass is 9.98. The van der Waals surface area contributed by atoms with Gasteiger partial charge in [-0.1, -0.05) is 0 Å². The van der Waals surface area contributed by atoms with Crippen molar-refractivity contribution in [1.29, 1.82) is 0 Å². The van der Waals surface area contributed by atoms with Gasteiger partial charge in [-0.05, 0) is 19.3 Å². The molecule has 3 saturated heterocycles. The van der Waals surface area contributed by atoms with Gasteiger partial charge in [0, 0.05) is 52.1 Å². The fourth-order valence-electron chi connectivity index (χ4n) is 5.34. The third kappa shape index (κ3) is 16.0. The molecule has 0 aromatic rings. The van der Waals surface area contributed by atoms with Crippen LogP contribution in [-0.4, -0.2) is 195 Å². The molecule has 53 heavy (non-hydrogen) atoms. The average molecular weight is 773 g/mol. The van der Waals surface area contributed by atoms with Crippen molar-refractivity contribution in [3.05, 3.63) is 0 Å². The van der Waals surface area contributed by atoms with Gasteiger partial charge in [0.25, 0.3) is 5.91 Å². The lowest BCUT2D eigenvalue weighted by molar-refractivity contribution is -0.343. The average Bonchev–Trinajstić information content (AvgIpc) is 3.14. The molecule has 3 aliphatic rings. The predicted molar refractivity (Wildman–Crippen MR) is 175 cm³/mol. The van der Waals surface area contributed by atoms with Gasteiger partial charge in [0.05, 0.1) is 57.5 Å². The first-order chi connectivity index (χ1) is 25.3. The summed E-state index contributed by atoms with van der Waals surface area (Å²) in [4.78, 5) is 50.7. The minimum absolute atomic E-state index is 0.00342. The number of carbonyl (C=O) groups is 4. The summed E-state index contributed by atoms with van der Waals surface area (Å²) in [6.07, 6.45) is -11.7. The number of aliphatic hydroxyl groups is 9. The minimum atomic E-state index is -1.67. The Hall–Kier alpha value is -2.48. The number of ether oxygens (including phenoxy) is 5. The molecule has 10 N–H and O–H groups in total. The van der Waals surface area contributed by atoms with Crippen LogP contribution in [0.2, 0.25) is 0 Å². The fraction of sp³-hybridized carbons (Fsp3) is 0.875. The highest BCUT2D eigenvalue weighted by molar-refractivity contribution is 5.79. The molecule has 3 rings (SSSR count). The van der Waals surface area contributed by atoms with Crippen molar-refractivity contribution in [3.63, 3.8) is 0 Å². The number of nitrogens with one attached hydrogen (secondary N) is 1. The van der Waals surface area contributed by atoms with Gasteiger partial charge in [0.15, 0.2) is 12.6 Å². The Morgan fingerprint density at radius 3 is 2.13 bits per heavy atom. The highest BCUT2D eigenvalue weighted by atomic mass is 16.7. The minimum Gasteiger partial charge on any atom is -0.394 e. The summed E-state index contributed by atoms with van der Waals surface area (Å²) in [5, 5.41) is 89.9. The first-order valence-corrected chi connectivity index (χ1v) is 17.5. The summed E-state index contributed by atoms with van der Waals surface area (Å²) in [7, 11) is 1.28. The van der Waals surface area contributed by atoms with Gasteiger partial charge in [-0.25, -0.2) is 4.79 Å².